The van der Waals surface area contributed by atoms with Gasteiger partial charge in [-0.1, -0.05) is 56.6 Å². The van der Waals surface area contributed by atoms with Crippen LogP contribution in [-0.2, 0) is 21.5 Å². The summed E-state index contributed by atoms with van der Waals surface area (Å²) in [5, 5.41) is 5.75. The van der Waals surface area contributed by atoms with Crippen LogP contribution < -0.4 is 10.6 Å². The van der Waals surface area contributed by atoms with E-state index in [1.165, 1.54) is 0 Å². The molecule has 0 aromatic heterocycles. The van der Waals surface area contributed by atoms with Gasteiger partial charge in [0.15, 0.2) is 0 Å². The molecule has 0 aliphatic rings. The average molecular weight is 345 g/mol. The standard InChI is InChI=1S/C19H21ClN2O2/c1-19(2,3)14-7-9-16(10-8-14)22-18(24)17(23)21-12-13-5-4-6-15(20)11-13/h4-11H,12H2,1-3H3,(H,21,23)(H,22,24). The lowest BCUT2D eigenvalue weighted by Crippen LogP contribution is -2.34. The fourth-order valence-corrected chi connectivity index (χ4v) is 2.36. The van der Waals surface area contributed by atoms with E-state index < -0.39 is 11.8 Å². The highest BCUT2D eigenvalue weighted by atomic mass is 35.5. The van der Waals surface area contributed by atoms with Gasteiger partial charge in [0.1, 0.15) is 0 Å². The number of rotatable bonds is 3. The number of carbonyl (C=O) groups excluding carboxylic acids is 2. The van der Waals surface area contributed by atoms with Gasteiger partial charge in [-0.2, -0.15) is 0 Å². The molecule has 0 saturated heterocycles. The van der Waals surface area contributed by atoms with Crippen molar-refractivity contribution in [2.24, 2.45) is 0 Å². The van der Waals surface area contributed by atoms with E-state index >= 15 is 0 Å². The molecule has 0 aliphatic carbocycles. The number of benzene rings is 2. The van der Waals surface area contributed by atoms with Crippen LogP contribution in [0.5, 0.6) is 0 Å². The third-order valence-corrected chi connectivity index (χ3v) is 3.79. The Labute approximate surface area is 147 Å². The van der Waals surface area contributed by atoms with Gasteiger partial charge < -0.3 is 10.6 Å². The number of halogens is 1. The van der Waals surface area contributed by atoms with E-state index in [0.717, 1.165) is 11.1 Å². The van der Waals surface area contributed by atoms with E-state index in [9.17, 15) is 9.59 Å². The highest BCUT2D eigenvalue weighted by Gasteiger charge is 2.15. The van der Waals surface area contributed by atoms with Crippen LogP contribution in [-0.4, -0.2) is 11.8 Å². The number of amides is 2. The van der Waals surface area contributed by atoms with Gasteiger partial charge >= 0.3 is 11.8 Å². The third-order valence-electron chi connectivity index (χ3n) is 3.56. The summed E-state index contributed by atoms with van der Waals surface area (Å²) in [4.78, 5) is 23.8. The molecule has 5 heteroatoms. The van der Waals surface area contributed by atoms with E-state index in [1.807, 2.05) is 18.2 Å². The second-order valence-corrected chi connectivity index (χ2v) is 7.03. The third kappa shape index (κ3) is 5.10. The van der Waals surface area contributed by atoms with Crippen LogP contribution in [0.15, 0.2) is 48.5 Å². The van der Waals surface area contributed by atoms with Crippen molar-refractivity contribution < 1.29 is 9.59 Å². The molecular weight excluding hydrogens is 324 g/mol. The van der Waals surface area contributed by atoms with Crippen molar-refractivity contribution in [2.45, 2.75) is 32.7 Å². The smallest absolute Gasteiger partial charge is 0.313 e. The molecule has 0 saturated carbocycles. The zero-order valence-electron chi connectivity index (χ0n) is 14.0. The minimum atomic E-state index is -0.694. The van der Waals surface area contributed by atoms with E-state index in [0.29, 0.717) is 10.7 Å². The van der Waals surface area contributed by atoms with Crippen molar-refractivity contribution in [1.29, 1.82) is 0 Å². The van der Waals surface area contributed by atoms with E-state index in [4.69, 9.17) is 11.6 Å². The number of hydrogen-bond acceptors (Lipinski definition) is 2. The monoisotopic (exact) mass is 344 g/mol. The Morgan fingerprint density at radius 3 is 2.25 bits per heavy atom. The molecule has 0 spiro atoms. The maximum atomic E-state index is 11.9. The molecule has 0 unspecified atom stereocenters. The van der Waals surface area contributed by atoms with Crippen LogP contribution in [0.4, 0.5) is 5.69 Å². The second kappa shape index (κ2) is 7.49. The van der Waals surface area contributed by atoms with E-state index in [-0.39, 0.29) is 12.0 Å². The molecule has 0 heterocycles. The lowest BCUT2D eigenvalue weighted by Gasteiger charge is -2.19. The summed E-state index contributed by atoms with van der Waals surface area (Å²) >= 11 is 5.88. The predicted octanol–water partition coefficient (Wildman–Crippen LogP) is 3.89. The Morgan fingerprint density at radius 1 is 1.00 bits per heavy atom. The predicted molar refractivity (Wildman–Crippen MR) is 97.1 cm³/mol. The quantitative estimate of drug-likeness (QED) is 0.830. The molecule has 2 amide bonds. The summed E-state index contributed by atoms with van der Waals surface area (Å²) in [6.07, 6.45) is 0. The molecule has 4 nitrogen and oxygen atoms in total. The Hall–Kier alpha value is -2.33. The summed E-state index contributed by atoms with van der Waals surface area (Å²) < 4.78 is 0. The van der Waals surface area contributed by atoms with Gasteiger partial charge in [0, 0.05) is 17.3 Å². The highest BCUT2D eigenvalue weighted by Crippen LogP contribution is 2.23. The highest BCUT2D eigenvalue weighted by molar-refractivity contribution is 6.39. The first kappa shape index (κ1) is 18.0. The van der Waals surface area contributed by atoms with E-state index in [1.54, 1.807) is 30.3 Å². The number of nitrogens with one attached hydrogen (secondary N) is 2. The summed E-state index contributed by atoms with van der Waals surface area (Å²) in [5.74, 6) is -1.38. The van der Waals surface area contributed by atoms with Gasteiger partial charge in [0.25, 0.3) is 0 Å². The van der Waals surface area contributed by atoms with Crippen LogP contribution >= 0.6 is 11.6 Å². The Kier molecular flexibility index (Phi) is 5.62. The Balaban J connectivity index is 1.90. The molecular formula is C19H21ClN2O2. The van der Waals surface area contributed by atoms with E-state index in [2.05, 4.69) is 31.4 Å². The van der Waals surface area contributed by atoms with Crippen LogP contribution in [0.2, 0.25) is 5.02 Å². The van der Waals surface area contributed by atoms with Crippen molar-refractivity contribution >= 4 is 29.1 Å². The first-order valence-electron chi connectivity index (χ1n) is 7.70. The van der Waals surface area contributed by atoms with Crippen molar-refractivity contribution in [3.8, 4) is 0 Å². The second-order valence-electron chi connectivity index (χ2n) is 6.59. The topological polar surface area (TPSA) is 58.2 Å². The van der Waals surface area contributed by atoms with Crippen molar-refractivity contribution in [3.63, 3.8) is 0 Å². The molecule has 2 aromatic rings. The molecule has 2 rings (SSSR count). The molecule has 0 fully saturated rings. The molecule has 126 valence electrons. The first-order valence-corrected chi connectivity index (χ1v) is 8.08. The normalized spacial score (nSPS) is 11.0. The van der Waals surface area contributed by atoms with Crippen molar-refractivity contribution in [1.82, 2.24) is 5.32 Å². The van der Waals surface area contributed by atoms with Crippen molar-refractivity contribution in [3.05, 3.63) is 64.7 Å². The van der Waals surface area contributed by atoms with Gasteiger partial charge in [0.2, 0.25) is 0 Å². The molecule has 24 heavy (non-hydrogen) atoms. The van der Waals surface area contributed by atoms with Gasteiger partial charge in [-0.05, 0) is 40.8 Å². The van der Waals surface area contributed by atoms with Crippen LogP contribution in [0.3, 0.4) is 0 Å². The fourth-order valence-electron chi connectivity index (χ4n) is 2.15. The summed E-state index contributed by atoms with van der Waals surface area (Å²) in [7, 11) is 0. The summed E-state index contributed by atoms with van der Waals surface area (Å²) in [6.45, 7) is 6.59. The number of anilines is 1. The van der Waals surface area contributed by atoms with Gasteiger partial charge in [-0.3, -0.25) is 9.59 Å². The first-order chi connectivity index (χ1) is 11.3. The van der Waals surface area contributed by atoms with Gasteiger partial charge in [-0.25, -0.2) is 0 Å². The molecule has 2 aromatic carbocycles. The maximum Gasteiger partial charge on any atom is 0.313 e. The zero-order chi connectivity index (χ0) is 17.7. The largest absolute Gasteiger partial charge is 0.344 e. The van der Waals surface area contributed by atoms with Gasteiger partial charge in [-0.15, -0.1) is 0 Å². The molecule has 2 N–H and O–H groups in total. The number of hydrogen-bond donors (Lipinski definition) is 2. The van der Waals surface area contributed by atoms with Crippen LogP contribution in [0, 0.1) is 0 Å². The number of carbonyl (C=O) groups is 2. The Morgan fingerprint density at radius 2 is 1.67 bits per heavy atom. The SMILES string of the molecule is CC(C)(C)c1ccc(NC(=O)C(=O)NCc2cccc(Cl)c2)cc1. The molecule has 0 aliphatic heterocycles. The average Bonchev–Trinajstić information content (AvgIpc) is 2.52. The lowest BCUT2D eigenvalue weighted by molar-refractivity contribution is -0.136. The van der Waals surface area contributed by atoms with Crippen molar-refractivity contribution in [2.75, 3.05) is 5.32 Å². The van der Waals surface area contributed by atoms with Crippen LogP contribution in [0.25, 0.3) is 0 Å². The minimum absolute atomic E-state index is 0.0386. The lowest BCUT2D eigenvalue weighted by atomic mass is 9.87. The zero-order valence-corrected chi connectivity index (χ0v) is 14.8. The van der Waals surface area contributed by atoms with Crippen LogP contribution in [0.1, 0.15) is 31.9 Å². The maximum absolute atomic E-state index is 11.9. The molecule has 0 radical (unpaired) electrons. The molecule has 0 atom stereocenters. The Bertz CT molecular complexity index is 734. The fraction of sp³-hybridized carbons (Fsp3) is 0.263. The minimum Gasteiger partial charge on any atom is -0.344 e. The summed E-state index contributed by atoms with van der Waals surface area (Å²) in [5.41, 5.74) is 2.62. The summed E-state index contributed by atoms with van der Waals surface area (Å²) in [6, 6.07) is 14.6. The van der Waals surface area contributed by atoms with Gasteiger partial charge in [0.05, 0.1) is 0 Å². The molecule has 0 bridgehead atoms.